The molecule has 0 atom stereocenters. The fraction of sp³-hybridized carbons (Fsp3) is 0.833. The monoisotopic (exact) mass is 201 g/mol. The Balaban J connectivity index is -0.0000000315. The fourth-order valence-corrected chi connectivity index (χ4v) is 0.335. The molecule has 64 valence electrons. The van der Waals surface area contributed by atoms with Crippen molar-refractivity contribution in [1.29, 1.82) is 0 Å². The van der Waals surface area contributed by atoms with Crippen molar-refractivity contribution in [1.82, 2.24) is 0 Å². The van der Waals surface area contributed by atoms with Gasteiger partial charge in [-0.3, -0.25) is 0 Å². The maximum absolute atomic E-state index is 7.00. The average molecular weight is 201 g/mol. The Morgan fingerprint density at radius 1 is 1.20 bits per heavy atom. The van der Waals surface area contributed by atoms with E-state index in [0.717, 1.165) is 32.8 Å². The number of unbranched alkanes of at least 4 members (excludes halogenated alkanes) is 1. The third-order valence-corrected chi connectivity index (χ3v) is 0.724. The van der Waals surface area contributed by atoms with Crippen LogP contribution < -0.4 is 0 Å². The van der Waals surface area contributed by atoms with Crippen LogP contribution in [0, 0.1) is 6.92 Å². The van der Waals surface area contributed by atoms with E-state index in [2.05, 4.69) is 19.6 Å². The van der Waals surface area contributed by atoms with Crippen molar-refractivity contribution in [2.45, 2.75) is 12.8 Å². The van der Waals surface area contributed by atoms with Gasteiger partial charge in [-0.2, -0.15) is 19.0 Å². The Labute approximate surface area is 84.3 Å². The standard InChI is InChI=1S/C4H9S.2CH4O.Ti/c1-2-3-4-5;2*1-2;/h5H,1-4H2;2*2H,1H3;/q-1;;;. The van der Waals surface area contributed by atoms with Crippen molar-refractivity contribution < 1.29 is 31.9 Å². The Kier molecular flexibility index (Phi) is 114. The van der Waals surface area contributed by atoms with Gasteiger partial charge < -0.3 is 17.1 Å². The van der Waals surface area contributed by atoms with Crippen molar-refractivity contribution >= 4 is 12.6 Å². The van der Waals surface area contributed by atoms with E-state index >= 15 is 0 Å². The molecule has 0 saturated heterocycles. The summed E-state index contributed by atoms with van der Waals surface area (Å²) in [6.45, 7) is 3.63. The van der Waals surface area contributed by atoms with Crippen LogP contribution in [0.15, 0.2) is 0 Å². The van der Waals surface area contributed by atoms with Gasteiger partial charge in [0.15, 0.2) is 0 Å². The molecular formula is C6H17O2STi-. The Bertz CT molecular complexity index is 23.2. The van der Waals surface area contributed by atoms with Gasteiger partial charge in [-0.1, -0.05) is 6.42 Å². The third-order valence-electron chi connectivity index (χ3n) is 0.408. The van der Waals surface area contributed by atoms with Crippen LogP contribution in [-0.2, 0) is 21.7 Å². The first-order valence-corrected chi connectivity index (χ1v) is 3.34. The first-order chi connectivity index (χ1) is 4.41. The summed E-state index contributed by atoms with van der Waals surface area (Å²) in [5, 5.41) is 14.0. The molecule has 0 unspecified atom stereocenters. The predicted molar refractivity (Wildman–Crippen MR) is 44.7 cm³/mol. The molecule has 0 bridgehead atoms. The first kappa shape index (κ1) is 22.4. The second kappa shape index (κ2) is 50.8. The van der Waals surface area contributed by atoms with Crippen LogP contribution in [0.25, 0.3) is 0 Å². The Morgan fingerprint density at radius 2 is 1.50 bits per heavy atom. The Morgan fingerprint density at radius 3 is 1.50 bits per heavy atom. The molecule has 0 rings (SSSR count). The van der Waals surface area contributed by atoms with Crippen molar-refractivity contribution in [3.05, 3.63) is 6.92 Å². The molecule has 0 heterocycles. The molecule has 0 aliphatic carbocycles. The van der Waals surface area contributed by atoms with Crippen LogP contribution in [0.1, 0.15) is 12.8 Å². The summed E-state index contributed by atoms with van der Waals surface area (Å²) < 4.78 is 0. The van der Waals surface area contributed by atoms with Crippen LogP contribution in [0.4, 0.5) is 0 Å². The number of rotatable bonds is 2. The zero-order chi connectivity index (χ0) is 8.12. The molecule has 0 spiro atoms. The molecule has 0 fully saturated rings. The van der Waals surface area contributed by atoms with E-state index < -0.39 is 0 Å². The number of hydrogen-bond acceptors (Lipinski definition) is 3. The third kappa shape index (κ3) is 64.3. The van der Waals surface area contributed by atoms with Gasteiger partial charge in [0.25, 0.3) is 0 Å². The van der Waals surface area contributed by atoms with Gasteiger partial charge in [0.2, 0.25) is 0 Å². The molecule has 0 saturated carbocycles. The van der Waals surface area contributed by atoms with E-state index in [1.807, 2.05) is 0 Å². The second-order valence-corrected chi connectivity index (χ2v) is 1.38. The summed E-state index contributed by atoms with van der Waals surface area (Å²) in [7, 11) is 2.00. The van der Waals surface area contributed by atoms with Crippen molar-refractivity contribution in [2.24, 2.45) is 0 Å². The van der Waals surface area contributed by atoms with Gasteiger partial charge in [0.1, 0.15) is 0 Å². The van der Waals surface area contributed by atoms with Gasteiger partial charge in [-0.25, -0.2) is 0 Å². The van der Waals surface area contributed by atoms with Gasteiger partial charge in [0, 0.05) is 35.9 Å². The van der Waals surface area contributed by atoms with Gasteiger partial charge in [-0.05, 0) is 5.75 Å². The summed E-state index contributed by atoms with van der Waals surface area (Å²) in [6, 6.07) is 0. The quantitative estimate of drug-likeness (QED) is 0.350. The molecule has 4 heteroatoms. The van der Waals surface area contributed by atoms with Gasteiger partial charge in [-0.15, -0.1) is 0 Å². The molecule has 10 heavy (non-hydrogen) atoms. The molecule has 0 radical (unpaired) electrons. The van der Waals surface area contributed by atoms with Crippen LogP contribution >= 0.6 is 12.6 Å². The molecule has 0 aliphatic heterocycles. The zero-order valence-electron chi connectivity index (χ0n) is 6.67. The minimum absolute atomic E-state index is 0. The largest absolute Gasteiger partial charge is 0.400 e. The molecule has 2 N–H and O–H groups in total. The molecule has 2 nitrogen and oxygen atoms in total. The maximum atomic E-state index is 7.00. The van der Waals surface area contributed by atoms with Crippen LogP contribution in [-0.4, -0.2) is 30.2 Å². The summed E-state index contributed by atoms with van der Waals surface area (Å²) in [6.07, 6.45) is 2.16. The first-order valence-electron chi connectivity index (χ1n) is 2.71. The second-order valence-electron chi connectivity index (χ2n) is 0.931. The smallest absolute Gasteiger partial charge is 0.0319 e. The molecular weight excluding hydrogens is 184 g/mol. The number of hydrogen-bond donors (Lipinski definition) is 3. The van der Waals surface area contributed by atoms with Crippen molar-refractivity contribution in [3.8, 4) is 0 Å². The Hall–Kier alpha value is 0.984. The predicted octanol–water partition coefficient (Wildman–Crippen LogP) is 0.745. The number of aliphatic hydroxyl groups excluding tert-OH is 2. The minimum Gasteiger partial charge on any atom is -0.400 e. The zero-order valence-corrected chi connectivity index (χ0v) is 9.13. The maximum Gasteiger partial charge on any atom is 0.0319 e. The topological polar surface area (TPSA) is 40.5 Å². The van der Waals surface area contributed by atoms with E-state index in [1.54, 1.807) is 0 Å². The van der Waals surface area contributed by atoms with Crippen LogP contribution in [0.5, 0.6) is 0 Å². The summed E-state index contributed by atoms with van der Waals surface area (Å²) >= 11 is 3.96. The normalized spacial score (nSPS) is 5.40. The fourth-order valence-electron chi connectivity index (χ4n) is 0.112. The van der Waals surface area contributed by atoms with Crippen molar-refractivity contribution in [2.75, 3.05) is 20.0 Å². The molecule has 0 aromatic heterocycles. The summed E-state index contributed by atoms with van der Waals surface area (Å²) in [4.78, 5) is 0. The van der Waals surface area contributed by atoms with Gasteiger partial charge in [0.05, 0.1) is 0 Å². The van der Waals surface area contributed by atoms with E-state index in [4.69, 9.17) is 10.2 Å². The molecule has 0 aromatic rings. The van der Waals surface area contributed by atoms with Crippen LogP contribution in [0.3, 0.4) is 0 Å². The summed E-state index contributed by atoms with van der Waals surface area (Å²) in [5.74, 6) is 0.976. The van der Waals surface area contributed by atoms with E-state index in [1.165, 1.54) is 0 Å². The van der Waals surface area contributed by atoms with Gasteiger partial charge >= 0.3 is 0 Å². The number of thiol groups is 1. The summed E-state index contributed by atoms with van der Waals surface area (Å²) in [5.41, 5.74) is 0. The van der Waals surface area contributed by atoms with E-state index in [-0.39, 0.29) is 21.7 Å². The van der Waals surface area contributed by atoms with E-state index in [0.29, 0.717) is 0 Å². The molecule has 0 aromatic carbocycles. The average Bonchev–Trinajstić information content (AvgIpc) is 1.98. The molecule has 0 amide bonds. The molecule has 0 aliphatic rings. The number of aliphatic hydroxyl groups is 2. The SMILES string of the molecule is CO.CO.[CH2-]CCCS.[Ti]. The van der Waals surface area contributed by atoms with Crippen molar-refractivity contribution in [3.63, 3.8) is 0 Å². The van der Waals surface area contributed by atoms with Crippen LogP contribution in [0.2, 0.25) is 0 Å². The van der Waals surface area contributed by atoms with E-state index in [9.17, 15) is 0 Å². The minimum atomic E-state index is 0.